The lowest BCUT2D eigenvalue weighted by molar-refractivity contribution is -0.144. The van der Waals surface area contributed by atoms with E-state index in [9.17, 15) is 14.7 Å². The molecule has 0 aromatic carbocycles. The van der Waals surface area contributed by atoms with Crippen LogP contribution in [0.15, 0.2) is 0 Å². The van der Waals surface area contributed by atoms with E-state index in [-0.39, 0.29) is 18.0 Å². The molecule has 0 heterocycles. The number of nitrogens with one attached hydrogen (secondary N) is 1. The fourth-order valence-electron chi connectivity index (χ4n) is 4.11. The molecule has 0 aromatic rings. The maximum atomic E-state index is 12.5. The summed E-state index contributed by atoms with van der Waals surface area (Å²) in [5.74, 6) is -0.590. The molecule has 2 amide bonds. The fraction of sp³-hybridized carbons (Fsp3) is 0.867. The van der Waals surface area contributed by atoms with Crippen LogP contribution in [0.2, 0.25) is 0 Å². The minimum Gasteiger partial charge on any atom is -0.481 e. The lowest BCUT2D eigenvalue weighted by Gasteiger charge is -2.32. The van der Waals surface area contributed by atoms with Crippen molar-refractivity contribution in [3.63, 3.8) is 0 Å². The summed E-state index contributed by atoms with van der Waals surface area (Å²) in [6, 6.07) is -0.00193. The zero-order valence-electron chi connectivity index (χ0n) is 12.5. The molecular weight excluding hydrogens is 272 g/mol. The quantitative estimate of drug-likeness (QED) is 0.774. The number of carbonyl (C=O) groups is 2. The van der Waals surface area contributed by atoms with E-state index >= 15 is 0 Å². The number of ether oxygens (including phenoxy) is 1. The number of aliphatic carboxylic acids is 1. The van der Waals surface area contributed by atoms with Gasteiger partial charge >= 0.3 is 12.0 Å². The van der Waals surface area contributed by atoms with Crippen LogP contribution in [0.1, 0.15) is 32.1 Å². The Kier molecular flexibility index (Phi) is 4.06. The number of carbonyl (C=O) groups excluding carboxylic acids is 1. The lowest BCUT2D eigenvalue weighted by Crippen LogP contribution is -2.52. The maximum Gasteiger partial charge on any atom is 0.317 e. The first kappa shape index (κ1) is 14.6. The molecule has 3 fully saturated rings. The molecule has 4 atom stereocenters. The highest BCUT2D eigenvalue weighted by molar-refractivity contribution is 5.78. The molecule has 0 saturated heterocycles. The highest BCUT2D eigenvalue weighted by atomic mass is 16.5. The van der Waals surface area contributed by atoms with E-state index < -0.39 is 11.9 Å². The standard InChI is InChI=1S/C15H24N2O4/c1-21-7-6-17(11-4-5-11)15(20)16-13-10-3-2-9(8-10)12(13)14(18)19/h9-13H,2-8H2,1H3,(H,16,20)(H,18,19). The summed E-state index contributed by atoms with van der Waals surface area (Å²) in [6.07, 6.45) is 5.06. The molecule has 6 nitrogen and oxygen atoms in total. The molecule has 3 aliphatic carbocycles. The summed E-state index contributed by atoms with van der Waals surface area (Å²) >= 11 is 0. The number of carboxylic acids is 1. The third-order valence-corrected chi connectivity index (χ3v) is 5.28. The Hall–Kier alpha value is -1.30. The zero-order chi connectivity index (χ0) is 15.0. The summed E-state index contributed by atoms with van der Waals surface area (Å²) in [4.78, 5) is 25.8. The summed E-state index contributed by atoms with van der Waals surface area (Å²) in [7, 11) is 1.62. The average molecular weight is 296 g/mol. The predicted octanol–water partition coefficient (Wildman–Crippen LogP) is 1.31. The molecule has 3 aliphatic rings. The van der Waals surface area contributed by atoms with Crippen molar-refractivity contribution in [2.24, 2.45) is 17.8 Å². The first-order chi connectivity index (χ1) is 10.1. The lowest BCUT2D eigenvalue weighted by atomic mass is 9.84. The van der Waals surface area contributed by atoms with Crippen molar-refractivity contribution in [1.29, 1.82) is 0 Å². The van der Waals surface area contributed by atoms with Crippen LogP contribution in [0.3, 0.4) is 0 Å². The number of hydrogen-bond donors (Lipinski definition) is 2. The summed E-state index contributed by atoms with van der Waals surface area (Å²) < 4.78 is 5.06. The molecule has 0 spiro atoms. The smallest absolute Gasteiger partial charge is 0.317 e. The Morgan fingerprint density at radius 1 is 1.24 bits per heavy atom. The van der Waals surface area contributed by atoms with Gasteiger partial charge in [0.05, 0.1) is 12.5 Å². The van der Waals surface area contributed by atoms with Gasteiger partial charge in [-0.25, -0.2) is 4.79 Å². The molecule has 2 bridgehead atoms. The van der Waals surface area contributed by atoms with Crippen molar-refractivity contribution in [3.05, 3.63) is 0 Å². The van der Waals surface area contributed by atoms with Crippen LogP contribution in [0, 0.1) is 17.8 Å². The van der Waals surface area contributed by atoms with Gasteiger partial charge in [-0.05, 0) is 43.9 Å². The topological polar surface area (TPSA) is 78.9 Å². The summed E-state index contributed by atoms with van der Waals surface area (Å²) in [6.45, 7) is 1.09. The number of fused-ring (bicyclic) bond motifs is 2. The second-order valence-electron chi connectivity index (χ2n) is 6.59. The van der Waals surface area contributed by atoms with Gasteiger partial charge in [0.2, 0.25) is 0 Å². The van der Waals surface area contributed by atoms with Gasteiger partial charge < -0.3 is 20.1 Å². The van der Waals surface area contributed by atoms with Gasteiger partial charge in [-0.2, -0.15) is 0 Å². The van der Waals surface area contributed by atoms with Gasteiger partial charge in [0.15, 0.2) is 0 Å². The van der Waals surface area contributed by atoms with Crippen molar-refractivity contribution in [2.45, 2.75) is 44.2 Å². The van der Waals surface area contributed by atoms with Crippen molar-refractivity contribution in [2.75, 3.05) is 20.3 Å². The second kappa shape index (κ2) is 5.83. The zero-order valence-corrected chi connectivity index (χ0v) is 12.5. The highest BCUT2D eigenvalue weighted by Gasteiger charge is 2.52. The van der Waals surface area contributed by atoms with Crippen molar-refractivity contribution in [3.8, 4) is 0 Å². The van der Waals surface area contributed by atoms with E-state index in [1.165, 1.54) is 0 Å². The molecule has 21 heavy (non-hydrogen) atoms. The number of carboxylic acid groups (broad SMARTS) is 1. The molecule has 0 aliphatic heterocycles. The first-order valence-corrected chi connectivity index (χ1v) is 7.90. The van der Waals surface area contributed by atoms with Crippen molar-refractivity contribution in [1.82, 2.24) is 10.2 Å². The minimum absolute atomic E-state index is 0.113. The number of urea groups is 1. The molecule has 3 rings (SSSR count). The number of hydrogen-bond acceptors (Lipinski definition) is 3. The van der Waals surface area contributed by atoms with Gasteiger partial charge in [-0.1, -0.05) is 0 Å². The molecule has 6 heteroatoms. The number of rotatable bonds is 6. The number of nitrogens with zero attached hydrogens (tertiary/aromatic N) is 1. The second-order valence-corrected chi connectivity index (χ2v) is 6.59. The van der Waals surface area contributed by atoms with E-state index in [2.05, 4.69) is 5.32 Å². The van der Waals surface area contributed by atoms with E-state index in [4.69, 9.17) is 4.74 Å². The Balaban J connectivity index is 1.64. The molecule has 0 radical (unpaired) electrons. The minimum atomic E-state index is -0.762. The Morgan fingerprint density at radius 2 is 1.95 bits per heavy atom. The van der Waals surface area contributed by atoms with Gasteiger partial charge in [0.25, 0.3) is 0 Å². The monoisotopic (exact) mass is 296 g/mol. The van der Waals surface area contributed by atoms with E-state index in [1.54, 1.807) is 7.11 Å². The van der Waals surface area contributed by atoms with Crippen LogP contribution < -0.4 is 5.32 Å². The van der Waals surface area contributed by atoms with Crippen LogP contribution in [0.25, 0.3) is 0 Å². The van der Waals surface area contributed by atoms with Gasteiger partial charge in [0.1, 0.15) is 0 Å². The molecule has 2 N–H and O–H groups in total. The number of methoxy groups -OCH3 is 1. The fourth-order valence-corrected chi connectivity index (χ4v) is 4.11. The summed E-state index contributed by atoms with van der Waals surface area (Å²) in [5, 5.41) is 12.5. The van der Waals surface area contributed by atoms with Crippen LogP contribution in [0.4, 0.5) is 4.79 Å². The third-order valence-electron chi connectivity index (χ3n) is 5.28. The molecule has 118 valence electrons. The van der Waals surface area contributed by atoms with Crippen LogP contribution in [-0.2, 0) is 9.53 Å². The molecule has 0 aromatic heterocycles. The normalized spacial score (nSPS) is 34.0. The van der Waals surface area contributed by atoms with E-state index in [1.807, 2.05) is 4.90 Å². The average Bonchev–Trinajstić information content (AvgIpc) is 3.07. The van der Waals surface area contributed by atoms with Crippen molar-refractivity contribution >= 4 is 12.0 Å². The Labute approximate surface area is 124 Å². The van der Waals surface area contributed by atoms with Crippen LogP contribution in [-0.4, -0.2) is 54.4 Å². The molecule has 3 saturated carbocycles. The third kappa shape index (κ3) is 2.86. The maximum absolute atomic E-state index is 12.5. The molecular formula is C15H24N2O4. The van der Waals surface area contributed by atoms with Gasteiger partial charge in [-0.15, -0.1) is 0 Å². The SMILES string of the molecule is COCCN(C(=O)NC1C2CCC(C2)C1C(=O)O)C1CC1. The van der Waals surface area contributed by atoms with Gasteiger partial charge in [0, 0.05) is 25.7 Å². The van der Waals surface area contributed by atoms with Crippen LogP contribution in [0.5, 0.6) is 0 Å². The molecule has 4 unspecified atom stereocenters. The highest BCUT2D eigenvalue weighted by Crippen LogP contribution is 2.48. The van der Waals surface area contributed by atoms with E-state index in [0.717, 1.165) is 32.1 Å². The van der Waals surface area contributed by atoms with E-state index in [0.29, 0.717) is 25.1 Å². The van der Waals surface area contributed by atoms with Crippen LogP contribution >= 0.6 is 0 Å². The first-order valence-electron chi connectivity index (χ1n) is 7.90. The summed E-state index contributed by atoms with van der Waals surface area (Å²) in [5.41, 5.74) is 0. The largest absolute Gasteiger partial charge is 0.481 e. The number of amides is 2. The van der Waals surface area contributed by atoms with Gasteiger partial charge in [-0.3, -0.25) is 4.79 Å². The predicted molar refractivity (Wildman–Crippen MR) is 75.9 cm³/mol. The Morgan fingerprint density at radius 3 is 2.57 bits per heavy atom. The van der Waals surface area contributed by atoms with Crippen molar-refractivity contribution < 1.29 is 19.4 Å². The Bertz CT molecular complexity index is 424.